The van der Waals surface area contributed by atoms with Crippen molar-refractivity contribution in [2.75, 3.05) is 0 Å². The first-order valence-corrected chi connectivity index (χ1v) is 9.39. The Morgan fingerprint density at radius 1 is 1.13 bits per heavy atom. The molecule has 0 saturated carbocycles. The van der Waals surface area contributed by atoms with Crippen molar-refractivity contribution in [1.82, 2.24) is 30.5 Å². The molecule has 156 valence electrons. The number of hydrogen-bond acceptors (Lipinski definition) is 7. The molecular weight excluding hydrogens is 400 g/mol. The van der Waals surface area contributed by atoms with Crippen LogP contribution >= 0.6 is 0 Å². The highest BCUT2D eigenvalue weighted by atomic mass is 16.5. The lowest BCUT2D eigenvalue weighted by molar-refractivity contribution is 0.0692. The van der Waals surface area contributed by atoms with E-state index in [1.807, 2.05) is 30.3 Å². The van der Waals surface area contributed by atoms with E-state index in [1.54, 1.807) is 32.2 Å². The zero-order chi connectivity index (χ0) is 22.0. The number of hydrogen-bond donors (Lipinski definition) is 2. The van der Waals surface area contributed by atoms with Gasteiger partial charge in [0.1, 0.15) is 11.3 Å². The molecule has 0 aliphatic heterocycles. The summed E-state index contributed by atoms with van der Waals surface area (Å²) in [5.41, 5.74) is 1.77. The van der Waals surface area contributed by atoms with Crippen LogP contribution in [0.5, 0.6) is 0 Å². The molecule has 1 atom stereocenters. The van der Waals surface area contributed by atoms with Gasteiger partial charge in [-0.25, -0.2) is 4.79 Å². The lowest BCUT2D eigenvalue weighted by atomic mass is 10.0. The highest BCUT2D eigenvalue weighted by Crippen LogP contribution is 2.29. The van der Waals surface area contributed by atoms with Gasteiger partial charge in [0.25, 0.3) is 5.91 Å². The molecule has 31 heavy (non-hydrogen) atoms. The van der Waals surface area contributed by atoms with Gasteiger partial charge in [0, 0.05) is 18.0 Å². The van der Waals surface area contributed by atoms with Gasteiger partial charge in [-0.3, -0.25) is 9.78 Å². The Balaban J connectivity index is 1.60. The highest BCUT2D eigenvalue weighted by Gasteiger charge is 2.29. The number of nitrogens with one attached hydrogen (secondary N) is 1. The SMILES string of the molecule is Cc1nn(-c2ccccc2)nc1C(=O)NC(C)c1onc(-c2cccnc2)c1C(=O)O. The summed E-state index contributed by atoms with van der Waals surface area (Å²) in [4.78, 5) is 30.0. The molecule has 10 nitrogen and oxygen atoms in total. The summed E-state index contributed by atoms with van der Waals surface area (Å²) < 4.78 is 5.30. The first kappa shape index (κ1) is 20.0. The molecule has 0 fully saturated rings. The van der Waals surface area contributed by atoms with E-state index in [0.717, 1.165) is 0 Å². The minimum atomic E-state index is -1.22. The number of aromatic carboxylic acids is 1. The average Bonchev–Trinajstić information content (AvgIpc) is 3.39. The third kappa shape index (κ3) is 3.90. The molecule has 10 heteroatoms. The van der Waals surface area contributed by atoms with Gasteiger partial charge in [0.2, 0.25) is 0 Å². The van der Waals surface area contributed by atoms with Crippen LogP contribution in [-0.4, -0.2) is 42.1 Å². The van der Waals surface area contributed by atoms with Gasteiger partial charge in [-0.2, -0.15) is 9.90 Å². The molecule has 1 amide bonds. The smallest absolute Gasteiger partial charge is 0.341 e. The van der Waals surface area contributed by atoms with Crippen molar-refractivity contribution in [3.8, 4) is 16.9 Å². The number of carbonyl (C=O) groups is 2. The van der Waals surface area contributed by atoms with Crippen molar-refractivity contribution in [2.24, 2.45) is 0 Å². The number of rotatable bonds is 6. The number of amides is 1. The Labute approximate surface area is 176 Å². The van der Waals surface area contributed by atoms with Gasteiger partial charge in [-0.05, 0) is 38.1 Å². The van der Waals surface area contributed by atoms with E-state index < -0.39 is 17.9 Å². The first-order valence-electron chi connectivity index (χ1n) is 9.39. The van der Waals surface area contributed by atoms with Crippen molar-refractivity contribution in [3.05, 3.63) is 77.6 Å². The molecule has 0 aliphatic carbocycles. The van der Waals surface area contributed by atoms with E-state index in [0.29, 0.717) is 16.9 Å². The molecule has 3 aromatic heterocycles. The van der Waals surface area contributed by atoms with Crippen molar-refractivity contribution in [3.63, 3.8) is 0 Å². The maximum atomic E-state index is 12.8. The molecule has 3 heterocycles. The average molecular weight is 418 g/mol. The van der Waals surface area contributed by atoms with E-state index in [2.05, 4.69) is 25.7 Å². The number of aromatic nitrogens is 5. The number of para-hydroxylation sites is 1. The fraction of sp³-hybridized carbons (Fsp3) is 0.143. The van der Waals surface area contributed by atoms with Crippen LogP contribution in [0.1, 0.15) is 45.3 Å². The predicted octanol–water partition coefficient (Wildman–Crippen LogP) is 2.81. The molecular formula is C21H18N6O4. The Morgan fingerprint density at radius 2 is 1.90 bits per heavy atom. The Hall–Kier alpha value is -4.34. The summed E-state index contributed by atoms with van der Waals surface area (Å²) in [5.74, 6) is -1.71. The fourth-order valence-corrected chi connectivity index (χ4v) is 3.10. The Bertz CT molecular complexity index is 1230. The van der Waals surface area contributed by atoms with Crippen LogP contribution in [0.25, 0.3) is 16.9 Å². The molecule has 0 spiro atoms. The largest absolute Gasteiger partial charge is 0.477 e. The molecule has 0 aliphatic rings. The van der Waals surface area contributed by atoms with Crippen LogP contribution in [0, 0.1) is 6.92 Å². The summed E-state index contributed by atoms with van der Waals surface area (Å²) in [7, 11) is 0. The maximum Gasteiger partial charge on any atom is 0.341 e. The van der Waals surface area contributed by atoms with E-state index in [9.17, 15) is 14.7 Å². The second kappa shape index (κ2) is 8.19. The van der Waals surface area contributed by atoms with Crippen molar-refractivity contribution < 1.29 is 19.2 Å². The number of aryl methyl sites for hydroxylation is 1. The normalized spacial score (nSPS) is 11.8. The van der Waals surface area contributed by atoms with E-state index >= 15 is 0 Å². The van der Waals surface area contributed by atoms with Gasteiger partial charge in [0.05, 0.1) is 17.4 Å². The van der Waals surface area contributed by atoms with E-state index in [4.69, 9.17) is 4.52 Å². The van der Waals surface area contributed by atoms with Gasteiger partial charge in [-0.1, -0.05) is 23.4 Å². The fourth-order valence-electron chi connectivity index (χ4n) is 3.10. The van der Waals surface area contributed by atoms with Crippen molar-refractivity contribution >= 4 is 11.9 Å². The topological polar surface area (TPSA) is 136 Å². The molecule has 0 saturated heterocycles. The third-order valence-corrected chi connectivity index (χ3v) is 4.59. The standard InChI is InChI=1S/C21H18N6O4/c1-12-17(25-27(24-12)15-8-4-3-5-9-15)20(28)23-13(2)19-16(21(29)30)18(26-31-19)14-7-6-10-22-11-14/h3-11,13H,1-2H3,(H,23,28)(H,29,30). The second-order valence-corrected chi connectivity index (χ2v) is 6.77. The zero-order valence-corrected chi connectivity index (χ0v) is 16.7. The summed E-state index contributed by atoms with van der Waals surface area (Å²) in [6.07, 6.45) is 3.06. The predicted molar refractivity (Wildman–Crippen MR) is 109 cm³/mol. The summed E-state index contributed by atoms with van der Waals surface area (Å²) in [6.45, 7) is 3.28. The first-order chi connectivity index (χ1) is 15.0. The second-order valence-electron chi connectivity index (χ2n) is 6.77. The number of carboxylic acid groups (broad SMARTS) is 1. The number of carboxylic acids is 1. The zero-order valence-electron chi connectivity index (χ0n) is 16.7. The van der Waals surface area contributed by atoms with Crippen LogP contribution < -0.4 is 5.32 Å². The summed E-state index contributed by atoms with van der Waals surface area (Å²) >= 11 is 0. The lowest BCUT2D eigenvalue weighted by Crippen LogP contribution is -2.28. The molecule has 4 rings (SSSR count). The number of nitrogens with zero attached hydrogens (tertiary/aromatic N) is 5. The molecule has 0 bridgehead atoms. The van der Waals surface area contributed by atoms with Crippen LogP contribution in [0.3, 0.4) is 0 Å². The third-order valence-electron chi connectivity index (χ3n) is 4.59. The van der Waals surface area contributed by atoms with Crippen LogP contribution in [-0.2, 0) is 0 Å². The lowest BCUT2D eigenvalue weighted by Gasteiger charge is -2.11. The highest BCUT2D eigenvalue weighted by molar-refractivity contribution is 5.97. The molecule has 0 radical (unpaired) electrons. The van der Waals surface area contributed by atoms with E-state index in [1.165, 1.54) is 11.0 Å². The Kier molecular flexibility index (Phi) is 5.27. The quantitative estimate of drug-likeness (QED) is 0.488. The van der Waals surface area contributed by atoms with Gasteiger partial charge in [-0.15, -0.1) is 5.10 Å². The van der Waals surface area contributed by atoms with Gasteiger partial charge >= 0.3 is 5.97 Å². The molecule has 4 aromatic rings. The van der Waals surface area contributed by atoms with Crippen molar-refractivity contribution in [2.45, 2.75) is 19.9 Å². The molecule has 2 N–H and O–H groups in total. The summed E-state index contributed by atoms with van der Waals surface area (Å²) in [6, 6.07) is 11.7. The van der Waals surface area contributed by atoms with Crippen LogP contribution in [0.2, 0.25) is 0 Å². The van der Waals surface area contributed by atoms with Crippen LogP contribution in [0.4, 0.5) is 0 Å². The Morgan fingerprint density at radius 3 is 2.58 bits per heavy atom. The number of benzene rings is 1. The van der Waals surface area contributed by atoms with Crippen LogP contribution in [0.15, 0.2) is 59.4 Å². The molecule has 1 unspecified atom stereocenters. The van der Waals surface area contributed by atoms with E-state index in [-0.39, 0.29) is 22.7 Å². The number of pyridine rings is 1. The van der Waals surface area contributed by atoms with Crippen molar-refractivity contribution in [1.29, 1.82) is 0 Å². The molecule has 1 aromatic carbocycles. The van der Waals surface area contributed by atoms with Gasteiger partial charge < -0.3 is 14.9 Å². The number of carbonyl (C=O) groups excluding carboxylic acids is 1. The van der Waals surface area contributed by atoms with Gasteiger partial charge in [0.15, 0.2) is 11.5 Å². The maximum absolute atomic E-state index is 12.8. The summed E-state index contributed by atoms with van der Waals surface area (Å²) in [5, 5.41) is 24.9. The monoisotopic (exact) mass is 418 g/mol. The minimum Gasteiger partial charge on any atom is -0.477 e. The minimum absolute atomic E-state index is 0.0211.